The first kappa shape index (κ1) is 21.6. The molecule has 2 saturated heterocycles. The molecule has 1 aromatic carbocycles. The van der Waals surface area contributed by atoms with Crippen LogP contribution in [0.1, 0.15) is 24.0 Å². The van der Waals surface area contributed by atoms with E-state index in [1.165, 1.54) is 18.4 Å². The molecule has 170 valence electrons. The van der Waals surface area contributed by atoms with Crippen LogP contribution in [0.15, 0.2) is 42.6 Å². The quantitative estimate of drug-likeness (QED) is 0.541. The number of anilines is 2. The molecule has 4 heterocycles. The van der Waals surface area contributed by atoms with Gasteiger partial charge in [-0.05, 0) is 56.2 Å². The summed E-state index contributed by atoms with van der Waals surface area (Å²) in [5, 5.41) is 14.4. The first-order valence-corrected chi connectivity index (χ1v) is 11.9. The van der Waals surface area contributed by atoms with Crippen LogP contribution in [-0.4, -0.2) is 63.5 Å². The van der Waals surface area contributed by atoms with Crippen LogP contribution in [-0.2, 0) is 6.67 Å². The zero-order valence-electron chi connectivity index (χ0n) is 18.9. The molecule has 2 aliphatic heterocycles. The molecule has 0 aliphatic carbocycles. The molecule has 8 nitrogen and oxygen atoms in total. The molecular weight excluding hydrogens is 432 g/mol. The van der Waals surface area contributed by atoms with Crippen molar-refractivity contribution in [3.8, 4) is 11.8 Å². The minimum atomic E-state index is 0.625. The normalized spacial score (nSPS) is 16.8. The fraction of sp³-hybridized carbons (Fsp3) is 0.417. The highest BCUT2D eigenvalue weighted by Gasteiger charge is 2.24. The van der Waals surface area contributed by atoms with Gasteiger partial charge in [0, 0.05) is 45.5 Å². The van der Waals surface area contributed by atoms with E-state index < -0.39 is 0 Å². The summed E-state index contributed by atoms with van der Waals surface area (Å²) in [4.78, 5) is 11.3. The van der Waals surface area contributed by atoms with Crippen molar-refractivity contribution in [2.75, 3.05) is 49.1 Å². The molecule has 0 unspecified atom stereocenters. The number of nitriles is 1. The lowest BCUT2D eigenvalue weighted by molar-refractivity contribution is 0.194. The Morgan fingerprint density at radius 3 is 2.39 bits per heavy atom. The Balaban J connectivity index is 1.36. The van der Waals surface area contributed by atoms with Gasteiger partial charge in [-0.15, -0.1) is 5.10 Å². The second kappa shape index (κ2) is 9.33. The van der Waals surface area contributed by atoms with Gasteiger partial charge in [0.1, 0.15) is 11.9 Å². The zero-order valence-corrected chi connectivity index (χ0v) is 19.7. The van der Waals surface area contributed by atoms with Crippen molar-refractivity contribution in [1.82, 2.24) is 24.2 Å². The molecule has 33 heavy (non-hydrogen) atoms. The van der Waals surface area contributed by atoms with Crippen molar-refractivity contribution >= 4 is 24.0 Å². The summed E-state index contributed by atoms with van der Waals surface area (Å²) in [7, 11) is 0. The summed E-state index contributed by atoms with van der Waals surface area (Å²) < 4.78 is 4.79. The van der Waals surface area contributed by atoms with Crippen LogP contribution in [0.5, 0.6) is 0 Å². The minimum absolute atomic E-state index is 0.625. The molecule has 5 rings (SSSR count). The first-order valence-electron chi connectivity index (χ1n) is 11.5. The lowest BCUT2D eigenvalue weighted by Gasteiger charge is -2.35. The van der Waals surface area contributed by atoms with E-state index in [-0.39, 0.29) is 0 Å². The standard InChI is InChI=1S/C24H28N8S/c1-19-6-8-21(9-7-19)32-23(30-11-2-3-12-30)27-31(24(32)33)18-28-13-15-29(16-14-28)22-20(17-25)5-4-10-26-22/h4-10H,2-3,11-16,18H2,1H3. The van der Waals surface area contributed by atoms with Crippen LogP contribution < -0.4 is 9.80 Å². The lowest BCUT2D eigenvalue weighted by atomic mass is 10.2. The van der Waals surface area contributed by atoms with Gasteiger partial charge in [0.25, 0.3) is 0 Å². The van der Waals surface area contributed by atoms with E-state index in [2.05, 4.69) is 61.5 Å². The number of benzene rings is 1. The number of piperazine rings is 1. The molecule has 0 spiro atoms. The van der Waals surface area contributed by atoms with Crippen LogP contribution in [0.4, 0.5) is 11.8 Å². The van der Waals surface area contributed by atoms with Gasteiger partial charge in [-0.1, -0.05) is 17.7 Å². The summed E-state index contributed by atoms with van der Waals surface area (Å²) >= 11 is 5.92. The molecule has 2 aromatic heterocycles. The number of hydrogen-bond acceptors (Lipinski definition) is 7. The number of aromatic nitrogens is 4. The number of hydrogen-bond donors (Lipinski definition) is 0. The predicted molar refractivity (Wildman–Crippen MR) is 131 cm³/mol. The molecular formula is C24H28N8S. The van der Waals surface area contributed by atoms with Crippen LogP contribution in [0.2, 0.25) is 0 Å². The van der Waals surface area contributed by atoms with Gasteiger partial charge < -0.3 is 9.80 Å². The molecule has 0 amide bonds. The highest BCUT2D eigenvalue weighted by Crippen LogP contribution is 2.24. The van der Waals surface area contributed by atoms with Crippen LogP contribution in [0.3, 0.4) is 0 Å². The predicted octanol–water partition coefficient (Wildman–Crippen LogP) is 3.36. The monoisotopic (exact) mass is 460 g/mol. The SMILES string of the molecule is Cc1ccc(-n2c(N3CCCC3)nn(CN3CCN(c4ncccc4C#N)CC3)c2=S)cc1. The Kier molecular flexibility index (Phi) is 6.11. The number of pyridine rings is 1. The molecule has 0 atom stereocenters. The fourth-order valence-corrected chi connectivity index (χ4v) is 4.84. The van der Waals surface area contributed by atoms with Gasteiger partial charge in [-0.2, -0.15) is 5.26 Å². The van der Waals surface area contributed by atoms with Crippen LogP contribution >= 0.6 is 12.2 Å². The second-order valence-corrected chi connectivity index (χ2v) is 9.05. The van der Waals surface area contributed by atoms with Crippen molar-refractivity contribution in [2.45, 2.75) is 26.4 Å². The largest absolute Gasteiger partial charge is 0.353 e. The Labute approximate surface area is 199 Å². The maximum Gasteiger partial charge on any atom is 0.230 e. The molecule has 0 saturated carbocycles. The van der Waals surface area contributed by atoms with Gasteiger partial charge in [-0.3, -0.25) is 9.47 Å². The topological polar surface area (TPSA) is 69.2 Å². The Bertz CT molecular complexity index is 1210. The fourth-order valence-electron chi connectivity index (χ4n) is 4.56. The Morgan fingerprint density at radius 1 is 0.970 bits per heavy atom. The first-order chi connectivity index (χ1) is 16.1. The number of rotatable bonds is 5. The summed E-state index contributed by atoms with van der Waals surface area (Å²) in [6.07, 6.45) is 4.13. The number of aryl methyl sites for hydroxylation is 1. The van der Waals surface area contributed by atoms with E-state index >= 15 is 0 Å². The van der Waals surface area contributed by atoms with Crippen molar-refractivity contribution in [3.63, 3.8) is 0 Å². The molecule has 9 heteroatoms. The third-order valence-electron chi connectivity index (χ3n) is 6.42. The highest BCUT2D eigenvalue weighted by atomic mass is 32.1. The van der Waals surface area contributed by atoms with Crippen molar-refractivity contribution < 1.29 is 0 Å². The Morgan fingerprint density at radius 2 is 1.70 bits per heavy atom. The van der Waals surface area contributed by atoms with Gasteiger partial charge in [0.2, 0.25) is 10.7 Å². The average Bonchev–Trinajstić information content (AvgIpc) is 3.49. The van der Waals surface area contributed by atoms with Gasteiger partial charge in [0.15, 0.2) is 0 Å². The van der Waals surface area contributed by atoms with E-state index in [1.807, 2.05) is 16.8 Å². The molecule has 0 N–H and O–H groups in total. The van der Waals surface area contributed by atoms with Crippen LogP contribution in [0, 0.1) is 23.0 Å². The van der Waals surface area contributed by atoms with Crippen molar-refractivity contribution in [1.29, 1.82) is 5.26 Å². The second-order valence-electron chi connectivity index (χ2n) is 8.68. The van der Waals surface area contributed by atoms with Crippen molar-refractivity contribution in [3.05, 3.63) is 58.5 Å². The highest BCUT2D eigenvalue weighted by molar-refractivity contribution is 7.71. The van der Waals surface area contributed by atoms with E-state index in [1.54, 1.807) is 6.20 Å². The zero-order chi connectivity index (χ0) is 22.8. The maximum atomic E-state index is 9.40. The van der Waals surface area contributed by atoms with Crippen molar-refractivity contribution in [2.24, 2.45) is 0 Å². The average molecular weight is 461 g/mol. The minimum Gasteiger partial charge on any atom is -0.353 e. The third-order valence-corrected chi connectivity index (χ3v) is 6.81. The van der Waals surface area contributed by atoms with Gasteiger partial charge >= 0.3 is 0 Å². The van der Waals surface area contributed by atoms with Gasteiger partial charge in [-0.25, -0.2) is 9.67 Å². The van der Waals surface area contributed by atoms with E-state index in [4.69, 9.17) is 17.3 Å². The Hall–Kier alpha value is -3.22. The smallest absolute Gasteiger partial charge is 0.230 e. The lowest BCUT2D eigenvalue weighted by Crippen LogP contribution is -2.47. The summed E-state index contributed by atoms with van der Waals surface area (Å²) in [6.45, 7) is 8.13. The maximum absolute atomic E-state index is 9.40. The number of nitrogens with zero attached hydrogens (tertiary/aromatic N) is 8. The van der Waals surface area contributed by atoms with Crippen LogP contribution in [0.25, 0.3) is 5.69 Å². The third kappa shape index (κ3) is 4.36. The summed E-state index contributed by atoms with van der Waals surface area (Å²) in [5.74, 6) is 1.71. The van der Waals surface area contributed by atoms with Gasteiger partial charge in [0.05, 0.1) is 17.9 Å². The molecule has 0 radical (unpaired) electrons. The van der Waals surface area contributed by atoms with E-state index in [0.717, 1.165) is 61.5 Å². The molecule has 2 aliphatic rings. The van der Waals surface area contributed by atoms with E-state index in [0.29, 0.717) is 12.2 Å². The van der Waals surface area contributed by atoms with E-state index in [9.17, 15) is 5.26 Å². The molecule has 3 aromatic rings. The molecule has 0 bridgehead atoms. The molecule has 2 fully saturated rings. The summed E-state index contributed by atoms with van der Waals surface area (Å²) in [6, 6.07) is 14.4. The summed E-state index contributed by atoms with van der Waals surface area (Å²) in [5.41, 5.74) is 2.91.